The first-order valence-corrected chi connectivity index (χ1v) is 9.33. The van der Waals surface area contributed by atoms with Crippen LogP contribution in [-0.2, 0) is 29.2 Å². The highest BCUT2D eigenvalue weighted by molar-refractivity contribution is 9.10. The van der Waals surface area contributed by atoms with Gasteiger partial charge in [0.2, 0.25) is 0 Å². The molecule has 20 heavy (non-hydrogen) atoms. The van der Waals surface area contributed by atoms with Crippen molar-refractivity contribution in [1.29, 1.82) is 5.26 Å². The van der Waals surface area contributed by atoms with Gasteiger partial charge in [-0.05, 0) is 35.7 Å². The van der Waals surface area contributed by atoms with Gasteiger partial charge in [-0.1, -0.05) is 6.92 Å². The summed E-state index contributed by atoms with van der Waals surface area (Å²) in [6.45, 7) is 4.73. The molecule has 0 aliphatic carbocycles. The highest BCUT2D eigenvalue weighted by Gasteiger charge is 2.43. The summed E-state index contributed by atoms with van der Waals surface area (Å²) in [6, 6.07) is 2.25. The number of nitrogens with zero attached hydrogens (tertiary/aromatic N) is 3. The lowest BCUT2D eigenvalue weighted by Crippen LogP contribution is -2.25. The van der Waals surface area contributed by atoms with Crippen LogP contribution < -0.4 is 0 Å². The third kappa shape index (κ3) is 2.77. The van der Waals surface area contributed by atoms with Crippen LogP contribution in [-0.4, -0.2) is 29.7 Å². The van der Waals surface area contributed by atoms with E-state index in [1.54, 1.807) is 0 Å². The molecular weight excluding hydrogens is 342 g/mol. The van der Waals surface area contributed by atoms with Crippen molar-refractivity contribution in [1.82, 2.24) is 9.78 Å². The van der Waals surface area contributed by atoms with Gasteiger partial charge in [-0.15, -0.1) is 0 Å². The average Bonchev–Trinajstić information content (AvgIpc) is 2.89. The SMILES string of the molecule is CCc1nn(CC)c(CC2(C#N)CCS(=O)(=O)C2)c1Br. The van der Waals surface area contributed by atoms with Crippen LogP contribution in [0.3, 0.4) is 0 Å². The maximum absolute atomic E-state index is 11.7. The summed E-state index contributed by atoms with van der Waals surface area (Å²) in [5.74, 6) is 0.0678. The number of aromatic nitrogens is 2. The number of nitriles is 1. The molecule has 1 aliphatic heterocycles. The molecule has 0 aromatic carbocycles. The molecule has 1 fully saturated rings. The number of hydrogen-bond donors (Lipinski definition) is 0. The van der Waals surface area contributed by atoms with Crippen LogP contribution in [0, 0.1) is 16.7 Å². The highest BCUT2D eigenvalue weighted by Crippen LogP contribution is 2.37. The molecule has 1 unspecified atom stereocenters. The van der Waals surface area contributed by atoms with Crippen LogP contribution >= 0.6 is 15.9 Å². The minimum Gasteiger partial charge on any atom is -0.268 e. The molecule has 0 saturated carbocycles. The monoisotopic (exact) mass is 359 g/mol. The van der Waals surface area contributed by atoms with Gasteiger partial charge >= 0.3 is 0 Å². The molecule has 0 amide bonds. The van der Waals surface area contributed by atoms with E-state index in [0.29, 0.717) is 19.4 Å². The minimum atomic E-state index is -3.08. The maximum Gasteiger partial charge on any atom is 0.151 e. The standard InChI is InChI=1S/C13H18BrN3O2S/c1-3-10-12(14)11(17(4-2)16-10)7-13(8-15)5-6-20(18,19)9-13/h3-7,9H2,1-2H3. The van der Waals surface area contributed by atoms with E-state index < -0.39 is 15.3 Å². The first kappa shape index (κ1) is 15.5. The number of hydrogen-bond acceptors (Lipinski definition) is 4. The molecule has 2 heterocycles. The van der Waals surface area contributed by atoms with Crippen molar-refractivity contribution < 1.29 is 8.42 Å². The van der Waals surface area contributed by atoms with Gasteiger partial charge in [0.15, 0.2) is 9.84 Å². The van der Waals surface area contributed by atoms with E-state index >= 15 is 0 Å². The van der Waals surface area contributed by atoms with E-state index in [1.165, 1.54) is 0 Å². The summed E-state index contributed by atoms with van der Waals surface area (Å²) in [4.78, 5) is 0. The smallest absolute Gasteiger partial charge is 0.151 e. The Hall–Kier alpha value is -0.870. The fourth-order valence-electron chi connectivity index (χ4n) is 2.69. The predicted molar refractivity (Wildman–Crippen MR) is 80.0 cm³/mol. The van der Waals surface area contributed by atoms with Crippen molar-refractivity contribution >= 4 is 25.8 Å². The van der Waals surface area contributed by atoms with Crippen molar-refractivity contribution in [3.63, 3.8) is 0 Å². The second kappa shape index (κ2) is 5.49. The van der Waals surface area contributed by atoms with Crippen LogP contribution in [0.5, 0.6) is 0 Å². The van der Waals surface area contributed by atoms with E-state index in [-0.39, 0.29) is 11.5 Å². The number of aryl methyl sites for hydroxylation is 2. The van der Waals surface area contributed by atoms with Gasteiger partial charge in [0, 0.05) is 13.0 Å². The zero-order chi connectivity index (χ0) is 15.0. The molecule has 0 bridgehead atoms. The second-order valence-electron chi connectivity index (χ2n) is 5.29. The van der Waals surface area contributed by atoms with Crippen molar-refractivity contribution in [2.75, 3.05) is 11.5 Å². The highest BCUT2D eigenvalue weighted by atomic mass is 79.9. The Morgan fingerprint density at radius 1 is 1.50 bits per heavy atom. The molecular formula is C13H18BrN3O2S. The second-order valence-corrected chi connectivity index (χ2v) is 8.26. The van der Waals surface area contributed by atoms with Crippen LogP contribution in [0.1, 0.15) is 31.7 Å². The maximum atomic E-state index is 11.7. The van der Waals surface area contributed by atoms with Gasteiger partial charge < -0.3 is 0 Å². The molecule has 1 saturated heterocycles. The third-order valence-corrected chi connectivity index (χ3v) is 6.56. The zero-order valence-corrected chi connectivity index (χ0v) is 14.1. The van der Waals surface area contributed by atoms with Gasteiger partial charge in [-0.3, -0.25) is 4.68 Å². The van der Waals surface area contributed by atoms with E-state index in [0.717, 1.165) is 22.3 Å². The summed E-state index contributed by atoms with van der Waals surface area (Å²) in [6.07, 6.45) is 1.65. The molecule has 1 atom stereocenters. The number of sulfone groups is 1. The Morgan fingerprint density at radius 2 is 2.20 bits per heavy atom. The lowest BCUT2D eigenvalue weighted by atomic mass is 9.84. The fourth-order valence-corrected chi connectivity index (χ4v) is 5.39. The summed E-state index contributed by atoms with van der Waals surface area (Å²) < 4.78 is 26.2. The van der Waals surface area contributed by atoms with Crippen molar-refractivity contribution in [2.45, 2.75) is 39.7 Å². The largest absolute Gasteiger partial charge is 0.268 e. The predicted octanol–water partition coefficient (Wildman–Crippen LogP) is 2.10. The minimum absolute atomic E-state index is 0.0424. The molecule has 0 N–H and O–H groups in total. The topological polar surface area (TPSA) is 75.8 Å². The van der Waals surface area contributed by atoms with Gasteiger partial charge in [0.25, 0.3) is 0 Å². The van der Waals surface area contributed by atoms with Gasteiger partial charge in [-0.25, -0.2) is 8.42 Å². The fraction of sp³-hybridized carbons (Fsp3) is 0.692. The van der Waals surface area contributed by atoms with Crippen LogP contribution in [0.25, 0.3) is 0 Å². The summed E-state index contributed by atoms with van der Waals surface area (Å²) >= 11 is 3.55. The molecule has 7 heteroatoms. The van der Waals surface area contributed by atoms with Crippen LogP contribution in [0.2, 0.25) is 0 Å². The molecule has 110 valence electrons. The lowest BCUT2D eigenvalue weighted by Gasteiger charge is -2.19. The first-order chi connectivity index (χ1) is 9.36. The van der Waals surface area contributed by atoms with E-state index in [1.807, 2.05) is 18.5 Å². The lowest BCUT2D eigenvalue weighted by molar-refractivity contribution is 0.429. The molecule has 1 aliphatic rings. The van der Waals surface area contributed by atoms with E-state index in [9.17, 15) is 13.7 Å². The Morgan fingerprint density at radius 3 is 2.65 bits per heavy atom. The summed E-state index contributed by atoms with van der Waals surface area (Å²) in [5.41, 5.74) is 1.08. The van der Waals surface area contributed by atoms with Crippen molar-refractivity contribution in [2.24, 2.45) is 5.41 Å². The average molecular weight is 360 g/mol. The molecule has 1 aromatic heterocycles. The molecule has 2 rings (SSSR count). The Balaban J connectivity index is 2.39. The first-order valence-electron chi connectivity index (χ1n) is 6.72. The van der Waals surface area contributed by atoms with Crippen LogP contribution in [0.15, 0.2) is 4.47 Å². The van der Waals surface area contributed by atoms with Gasteiger partial charge in [0.1, 0.15) is 0 Å². The van der Waals surface area contributed by atoms with Crippen molar-refractivity contribution in [3.8, 4) is 6.07 Å². The Kier molecular flexibility index (Phi) is 4.26. The van der Waals surface area contributed by atoms with Gasteiger partial charge in [0.05, 0.1) is 38.9 Å². The summed E-state index contributed by atoms with van der Waals surface area (Å²) in [5, 5.41) is 14.0. The number of rotatable bonds is 4. The molecule has 1 aromatic rings. The summed E-state index contributed by atoms with van der Waals surface area (Å²) in [7, 11) is -3.08. The van der Waals surface area contributed by atoms with E-state index in [4.69, 9.17) is 0 Å². The van der Waals surface area contributed by atoms with Crippen molar-refractivity contribution in [3.05, 3.63) is 15.9 Å². The molecule has 5 nitrogen and oxygen atoms in total. The van der Waals surface area contributed by atoms with E-state index in [2.05, 4.69) is 27.1 Å². The third-order valence-electron chi connectivity index (χ3n) is 3.82. The Bertz CT molecular complexity index is 660. The molecule has 0 spiro atoms. The number of halogens is 1. The Labute approximate surface area is 128 Å². The molecule has 0 radical (unpaired) electrons. The van der Waals surface area contributed by atoms with Gasteiger partial charge in [-0.2, -0.15) is 10.4 Å². The quantitative estimate of drug-likeness (QED) is 0.824. The van der Waals surface area contributed by atoms with Crippen LogP contribution in [0.4, 0.5) is 0 Å². The normalized spacial score (nSPS) is 24.7. The zero-order valence-electron chi connectivity index (χ0n) is 11.7.